The average Bonchev–Trinajstić information content (AvgIpc) is 3.17. The quantitative estimate of drug-likeness (QED) is 0.723. The summed E-state index contributed by atoms with van der Waals surface area (Å²) in [6, 6.07) is 21.7. The molecule has 85 valence electrons. The van der Waals surface area contributed by atoms with Crippen molar-refractivity contribution in [2.24, 2.45) is 0 Å². The van der Waals surface area contributed by atoms with Crippen LogP contribution in [0.2, 0.25) is 0 Å². The summed E-state index contributed by atoms with van der Waals surface area (Å²) < 4.78 is 0. The third kappa shape index (κ3) is 1.68. The van der Waals surface area contributed by atoms with Crippen molar-refractivity contribution in [1.82, 2.24) is 0 Å². The lowest BCUT2D eigenvalue weighted by Crippen LogP contribution is -2.08. The van der Waals surface area contributed by atoms with Crippen LogP contribution in [0.25, 0.3) is 0 Å². The summed E-state index contributed by atoms with van der Waals surface area (Å²) in [5, 5.41) is 0. The monoisotopic (exact) mass is 221 g/mol. The van der Waals surface area contributed by atoms with Gasteiger partial charge in [0, 0.05) is 5.41 Å². The average molecular weight is 221 g/mol. The molecular weight excluding hydrogens is 204 g/mol. The van der Waals surface area contributed by atoms with Gasteiger partial charge in [0.15, 0.2) is 0 Å². The zero-order valence-corrected chi connectivity index (χ0v) is 10.1. The molecule has 0 heteroatoms. The van der Waals surface area contributed by atoms with Crippen molar-refractivity contribution in [3.63, 3.8) is 0 Å². The van der Waals surface area contributed by atoms with Gasteiger partial charge in [-0.1, -0.05) is 67.6 Å². The summed E-state index contributed by atoms with van der Waals surface area (Å²) in [5.41, 5.74) is 3.20. The highest BCUT2D eigenvalue weighted by Crippen LogP contribution is 2.61. The standard InChI is InChI=1S/C17H17/c1-2-17(15-11-7-4-8-12-15)13-16(17)14-9-5-3-6-10-14/h2-12,16H,13H2,1H3. The number of rotatable bonds is 3. The van der Waals surface area contributed by atoms with Crippen molar-refractivity contribution in [1.29, 1.82) is 0 Å². The summed E-state index contributed by atoms with van der Waals surface area (Å²) >= 11 is 0. The second-order valence-corrected chi connectivity index (χ2v) is 4.86. The molecule has 0 bridgehead atoms. The molecule has 3 rings (SSSR count). The van der Waals surface area contributed by atoms with Gasteiger partial charge in [0.1, 0.15) is 0 Å². The van der Waals surface area contributed by atoms with Crippen LogP contribution in [0, 0.1) is 6.42 Å². The Labute approximate surface area is 103 Å². The van der Waals surface area contributed by atoms with E-state index in [1.807, 2.05) is 0 Å². The molecule has 2 aromatic carbocycles. The van der Waals surface area contributed by atoms with Crippen molar-refractivity contribution in [3.05, 3.63) is 78.2 Å². The lowest BCUT2D eigenvalue weighted by Gasteiger charge is -2.15. The lowest BCUT2D eigenvalue weighted by atomic mass is 9.88. The Kier molecular flexibility index (Phi) is 2.51. The fourth-order valence-corrected chi connectivity index (χ4v) is 2.93. The molecule has 0 spiro atoms. The zero-order valence-electron chi connectivity index (χ0n) is 10.1. The fraction of sp³-hybridized carbons (Fsp3) is 0.235. The highest BCUT2D eigenvalue weighted by molar-refractivity contribution is 5.45. The van der Waals surface area contributed by atoms with E-state index in [4.69, 9.17) is 0 Å². The molecule has 0 saturated heterocycles. The van der Waals surface area contributed by atoms with Crippen molar-refractivity contribution in [2.45, 2.75) is 24.7 Å². The molecule has 0 heterocycles. The van der Waals surface area contributed by atoms with Crippen LogP contribution >= 0.6 is 0 Å². The number of hydrogen-bond acceptors (Lipinski definition) is 0. The predicted octanol–water partition coefficient (Wildman–Crippen LogP) is 4.34. The SMILES string of the molecule is C[CH]C1(c2ccccc2)CC1c1ccccc1. The Morgan fingerprint density at radius 1 is 0.941 bits per heavy atom. The van der Waals surface area contributed by atoms with Crippen LogP contribution in [0.1, 0.15) is 30.4 Å². The zero-order chi connectivity index (χ0) is 11.7. The van der Waals surface area contributed by atoms with Crippen molar-refractivity contribution in [3.8, 4) is 0 Å². The van der Waals surface area contributed by atoms with E-state index in [2.05, 4.69) is 74.0 Å². The normalized spacial score (nSPS) is 26.8. The minimum absolute atomic E-state index is 0.280. The molecule has 0 N–H and O–H groups in total. The van der Waals surface area contributed by atoms with Crippen molar-refractivity contribution < 1.29 is 0 Å². The smallest absolute Gasteiger partial charge is 0.00565 e. The second-order valence-electron chi connectivity index (χ2n) is 4.86. The molecule has 2 unspecified atom stereocenters. The van der Waals surface area contributed by atoms with Crippen LogP contribution in [0.5, 0.6) is 0 Å². The van der Waals surface area contributed by atoms with E-state index in [0.717, 1.165) is 0 Å². The van der Waals surface area contributed by atoms with Gasteiger partial charge >= 0.3 is 0 Å². The van der Waals surface area contributed by atoms with Crippen LogP contribution in [-0.4, -0.2) is 0 Å². The van der Waals surface area contributed by atoms with E-state index in [9.17, 15) is 0 Å². The first kappa shape index (κ1) is 10.6. The van der Waals surface area contributed by atoms with Gasteiger partial charge in [0.2, 0.25) is 0 Å². The van der Waals surface area contributed by atoms with Crippen LogP contribution in [-0.2, 0) is 5.41 Å². The van der Waals surface area contributed by atoms with Gasteiger partial charge in [-0.05, 0) is 29.9 Å². The minimum Gasteiger partial charge on any atom is -0.0622 e. The van der Waals surface area contributed by atoms with Crippen LogP contribution < -0.4 is 0 Å². The first-order valence-electron chi connectivity index (χ1n) is 6.28. The van der Waals surface area contributed by atoms with Gasteiger partial charge in [0.05, 0.1) is 0 Å². The molecule has 0 nitrogen and oxygen atoms in total. The molecule has 1 saturated carbocycles. The third-order valence-corrected chi connectivity index (χ3v) is 4.03. The Morgan fingerprint density at radius 2 is 1.53 bits per heavy atom. The Hall–Kier alpha value is -1.56. The maximum atomic E-state index is 2.38. The third-order valence-electron chi connectivity index (χ3n) is 4.03. The maximum Gasteiger partial charge on any atom is 0.00565 e. The molecule has 1 aliphatic carbocycles. The van der Waals surface area contributed by atoms with Crippen LogP contribution in [0.4, 0.5) is 0 Å². The van der Waals surface area contributed by atoms with E-state index in [0.29, 0.717) is 5.92 Å². The van der Waals surface area contributed by atoms with E-state index in [-0.39, 0.29) is 5.41 Å². The molecule has 17 heavy (non-hydrogen) atoms. The second kappa shape index (κ2) is 4.03. The summed E-state index contributed by atoms with van der Waals surface area (Å²) in [6.07, 6.45) is 3.62. The molecule has 0 amide bonds. The summed E-state index contributed by atoms with van der Waals surface area (Å²) in [6.45, 7) is 2.19. The number of benzene rings is 2. The molecule has 2 aromatic rings. The summed E-state index contributed by atoms with van der Waals surface area (Å²) in [4.78, 5) is 0. The first-order valence-corrected chi connectivity index (χ1v) is 6.28. The predicted molar refractivity (Wildman–Crippen MR) is 71.9 cm³/mol. The van der Waals surface area contributed by atoms with E-state index in [1.54, 1.807) is 0 Å². The lowest BCUT2D eigenvalue weighted by molar-refractivity contribution is 0.773. The van der Waals surface area contributed by atoms with E-state index < -0.39 is 0 Å². The number of hydrogen-bond donors (Lipinski definition) is 0. The van der Waals surface area contributed by atoms with Crippen molar-refractivity contribution >= 4 is 0 Å². The van der Waals surface area contributed by atoms with Gasteiger partial charge in [0.25, 0.3) is 0 Å². The van der Waals surface area contributed by atoms with Crippen LogP contribution in [0.3, 0.4) is 0 Å². The molecule has 1 fully saturated rings. The fourth-order valence-electron chi connectivity index (χ4n) is 2.93. The van der Waals surface area contributed by atoms with Crippen LogP contribution in [0.15, 0.2) is 60.7 Å². The van der Waals surface area contributed by atoms with Gasteiger partial charge in [-0.15, -0.1) is 0 Å². The topological polar surface area (TPSA) is 0 Å². The van der Waals surface area contributed by atoms with Crippen molar-refractivity contribution in [2.75, 3.05) is 0 Å². The van der Waals surface area contributed by atoms with Gasteiger partial charge < -0.3 is 0 Å². The minimum atomic E-state index is 0.280. The van der Waals surface area contributed by atoms with E-state index in [1.165, 1.54) is 17.5 Å². The van der Waals surface area contributed by atoms with E-state index >= 15 is 0 Å². The molecule has 0 aromatic heterocycles. The summed E-state index contributed by atoms with van der Waals surface area (Å²) in [5.74, 6) is 0.663. The molecule has 0 aliphatic heterocycles. The highest BCUT2D eigenvalue weighted by Gasteiger charge is 2.54. The highest BCUT2D eigenvalue weighted by atomic mass is 14.6. The Balaban J connectivity index is 1.94. The molecular formula is C17H17. The maximum absolute atomic E-state index is 2.38. The van der Waals surface area contributed by atoms with Gasteiger partial charge in [-0.3, -0.25) is 0 Å². The Morgan fingerprint density at radius 3 is 2.12 bits per heavy atom. The molecule has 2 atom stereocenters. The van der Waals surface area contributed by atoms with Gasteiger partial charge in [-0.2, -0.15) is 0 Å². The summed E-state index contributed by atoms with van der Waals surface area (Å²) in [7, 11) is 0. The molecule has 1 aliphatic rings. The largest absolute Gasteiger partial charge is 0.0622 e. The molecule has 1 radical (unpaired) electrons. The first-order chi connectivity index (χ1) is 8.37. The van der Waals surface area contributed by atoms with Gasteiger partial charge in [-0.25, -0.2) is 0 Å². The Bertz CT molecular complexity index is 486.